The maximum atomic E-state index is 14.4. The number of ether oxygens (including phenoxy) is 2. The smallest absolute Gasteiger partial charge is 0.366 e. The van der Waals surface area contributed by atoms with Crippen molar-refractivity contribution in [2.45, 2.75) is 19.3 Å². The Morgan fingerprint density at radius 2 is 1.33 bits per heavy atom. The fraction of sp³-hybridized carbons (Fsp3) is 0.412. The molecule has 0 amide bonds. The summed E-state index contributed by atoms with van der Waals surface area (Å²) in [5.74, 6) is -17.1. The Bertz CT molecular complexity index is 834. The van der Waals surface area contributed by atoms with Crippen LogP contribution in [0.15, 0.2) is 11.9 Å². The Hall–Kier alpha value is -2.52. The minimum atomic E-state index is -2.45. The minimum absolute atomic E-state index is 0.542. The van der Waals surface area contributed by atoms with Crippen molar-refractivity contribution in [3.8, 4) is 0 Å². The Balaban J connectivity index is 2.83. The van der Waals surface area contributed by atoms with Crippen LogP contribution < -0.4 is 0 Å². The van der Waals surface area contributed by atoms with Crippen molar-refractivity contribution in [1.82, 2.24) is 0 Å². The second-order valence-corrected chi connectivity index (χ2v) is 6.45. The molecule has 1 fully saturated rings. The van der Waals surface area contributed by atoms with Gasteiger partial charge in [0.1, 0.15) is 5.41 Å². The number of carbonyl (C=O) groups excluding carboxylic acids is 2. The van der Waals surface area contributed by atoms with E-state index in [-0.39, 0.29) is 0 Å². The first-order chi connectivity index (χ1) is 12.4. The van der Waals surface area contributed by atoms with Gasteiger partial charge in [0.05, 0.1) is 14.2 Å². The molecule has 0 aromatic heterocycles. The quantitative estimate of drug-likeness (QED) is 0.257. The zero-order valence-corrected chi connectivity index (χ0v) is 14.6. The summed E-state index contributed by atoms with van der Waals surface area (Å²) >= 11 is 0. The van der Waals surface area contributed by atoms with Gasteiger partial charge in [0, 0.05) is 11.5 Å². The largest absolute Gasteiger partial charge is 0.468 e. The topological polar surface area (TPSA) is 52.6 Å². The van der Waals surface area contributed by atoms with Gasteiger partial charge in [0.15, 0.2) is 23.3 Å². The number of benzene rings is 1. The van der Waals surface area contributed by atoms with Gasteiger partial charge in [-0.25, -0.2) is 26.7 Å². The maximum absolute atomic E-state index is 14.4. The first-order valence-electron chi connectivity index (χ1n) is 7.47. The lowest BCUT2D eigenvalue weighted by molar-refractivity contribution is -0.145. The van der Waals surface area contributed by atoms with Crippen LogP contribution in [0.3, 0.4) is 0 Å². The molecule has 10 heteroatoms. The predicted octanol–water partition coefficient (Wildman–Crippen LogP) is 3.48. The summed E-state index contributed by atoms with van der Waals surface area (Å²) in [5.41, 5.74) is -5.45. The summed E-state index contributed by atoms with van der Waals surface area (Å²) in [4.78, 5) is 23.7. The molecule has 2 atom stereocenters. The molecule has 0 N–H and O–H groups in total. The van der Waals surface area contributed by atoms with E-state index < -0.39 is 69.2 Å². The molecule has 0 aliphatic heterocycles. The minimum Gasteiger partial charge on any atom is -0.468 e. The molecule has 0 bridgehead atoms. The molecule has 1 aromatic rings. The summed E-state index contributed by atoms with van der Waals surface area (Å²) in [6, 6.07) is 0. The van der Waals surface area contributed by atoms with Gasteiger partial charge in [-0.15, -0.1) is 0 Å². The molecule has 0 unspecified atom stereocenters. The highest BCUT2D eigenvalue weighted by Crippen LogP contribution is 2.71. The second kappa shape index (κ2) is 6.58. The van der Waals surface area contributed by atoms with Crippen LogP contribution in [0.2, 0.25) is 0 Å². The molecule has 27 heavy (non-hydrogen) atoms. The number of esters is 2. The molecule has 0 saturated heterocycles. The first kappa shape index (κ1) is 20.8. The number of allylic oxidation sites excluding steroid dienone is 1. The lowest BCUT2D eigenvalue weighted by Gasteiger charge is -2.20. The first-order valence-corrected chi connectivity index (χ1v) is 7.47. The van der Waals surface area contributed by atoms with Gasteiger partial charge in [-0.2, -0.15) is 4.39 Å². The van der Waals surface area contributed by atoms with Crippen LogP contribution in [0.5, 0.6) is 0 Å². The zero-order valence-electron chi connectivity index (χ0n) is 14.6. The third-order valence-electron chi connectivity index (χ3n) is 4.98. The van der Waals surface area contributed by atoms with Crippen LogP contribution in [-0.4, -0.2) is 26.2 Å². The average Bonchev–Trinajstić information content (AvgIpc) is 3.12. The van der Waals surface area contributed by atoms with Crippen LogP contribution in [0, 0.1) is 40.4 Å². The van der Waals surface area contributed by atoms with E-state index in [2.05, 4.69) is 9.47 Å². The summed E-state index contributed by atoms with van der Waals surface area (Å²) in [7, 11) is 1.70. The highest BCUT2D eigenvalue weighted by molar-refractivity contribution is 5.92. The van der Waals surface area contributed by atoms with E-state index in [9.17, 15) is 35.9 Å². The second-order valence-electron chi connectivity index (χ2n) is 6.45. The maximum Gasteiger partial charge on any atom is 0.366 e. The number of hydrogen-bond donors (Lipinski definition) is 0. The number of halogens is 6. The van der Waals surface area contributed by atoms with Crippen molar-refractivity contribution in [2.24, 2.45) is 11.3 Å². The van der Waals surface area contributed by atoms with Gasteiger partial charge in [-0.05, 0) is 11.5 Å². The van der Waals surface area contributed by atoms with Gasteiger partial charge >= 0.3 is 11.9 Å². The molecule has 1 aliphatic carbocycles. The monoisotopic (exact) mass is 396 g/mol. The fourth-order valence-corrected chi connectivity index (χ4v) is 3.53. The van der Waals surface area contributed by atoms with Crippen LogP contribution in [0.25, 0.3) is 0 Å². The zero-order chi connectivity index (χ0) is 20.9. The number of methoxy groups -OCH3 is 2. The number of carbonyl (C=O) groups is 2. The summed E-state index contributed by atoms with van der Waals surface area (Å²) in [5, 5.41) is 0. The van der Waals surface area contributed by atoms with E-state index in [0.29, 0.717) is 6.08 Å². The van der Waals surface area contributed by atoms with Crippen molar-refractivity contribution in [3.05, 3.63) is 46.6 Å². The summed E-state index contributed by atoms with van der Waals surface area (Å²) in [6.45, 7) is 2.46. The van der Waals surface area contributed by atoms with E-state index >= 15 is 0 Å². The SMILES string of the molecule is COC(=O)C(F)=C[C@@H]1C(C)(C)[C@@]1(C(=O)OC)c1c(F)c(F)c(F)c(F)c1F. The molecule has 4 nitrogen and oxygen atoms in total. The van der Waals surface area contributed by atoms with Crippen molar-refractivity contribution >= 4 is 11.9 Å². The van der Waals surface area contributed by atoms with Crippen LogP contribution in [0.1, 0.15) is 19.4 Å². The molecular weight excluding hydrogens is 382 g/mol. The van der Waals surface area contributed by atoms with E-state index in [4.69, 9.17) is 0 Å². The van der Waals surface area contributed by atoms with Crippen molar-refractivity contribution in [1.29, 1.82) is 0 Å². The van der Waals surface area contributed by atoms with Gasteiger partial charge in [-0.1, -0.05) is 13.8 Å². The third-order valence-corrected chi connectivity index (χ3v) is 4.98. The highest BCUT2D eigenvalue weighted by atomic mass is 19.2. The highest BCUT2D eigenvalue weighted by Gasteiger charge is 2.78. The Kier molecular flexibility index (Phi) is 5.06. The molecule has 1 aromatic carbocycles. The van der Waals surface area contributed by atoms with Gasteiger partial charge in [-0.3, -0.25) is 4.79 Å². The molecule has 0 spiro atoms. The summed E-state index contributed by atoms with van der Waals surface area (Å²) < 4.78 is 92.1. The number of hydrogen-bond acceptors (Lipinski definition) is 4. The lowest BCUT2D eigenvalue weighted by atomic mass is 9.86. The van der Waals surface area contributed by atoms with E-state index in [1.807, 2.05) is 0 Å². The van der Waals surface area contributed by atoms with Crippen LogP contribution >= 0.6 is 0 Å². The van der Waals surface area contributed by atoms with E-state index in [0.717, 1.165) is 14.2 Å². The summed E-state index contributed by atoms with van der Waals surface area (Å²) in [6.07, 6.45) is 0.542. The molecule has 148 valence electrons. The Labute approximate surface area is 149 Å². The average molecular weight is 396 g/mol. The van der Waals surface area contributed by atoms with Crippen molar-refractivity contribution in [2.75, 3.05) is 14.2 Å². The Morgan fingerprint density at radius 3 is 1.74 bits per heavy atom. The van der Waals surface area contributed by atoms with Gasteiger partial charge < -0.3 is 9.47 Å². The van der Waals surface area contributed by atoms with E-state index in [1.54, 1.807) is 0 Å². The molecule has 2 rings (SSSR count). The van der Waals surface area contributed by atoms with Gasteiger partial charge in [0.2, 0.25) is 11.6 Å². The lowest BCUT2D eigenvalue weighted by Crippen LogP contribution is -2.32. The molecule has 1 saturated carbocycles. The molecule has 0 heterocycles. The Morgan fingerprint density at radius 1 is 0.889 bits per heavy atom. The van der Waals surface area contributed by atoms with Crippen LogP contribution in [0.4, 0.5) is 26.3 Å². The molecular formula is C17H14F6O4. The van der Waals surface area contributed by atoms with E-state index in [1.165, 1.54) is 13.8 Å². The van der Waals surface area contributed by atoms with Crippen molar-refractivity contribution in [3.63, 3.8) is 0 Å². The van der Waals surface area contributed by atoms with Crippen LogP contribution in [-0.2, 0) is 24.5 Å². The van der Waals surface area contributed by atoms with Gasteiger partial charge in [0.25, 0.3) is 0 Å². The normalized spacial score (nSPS) is 23.8. The molecule has 1 aliphatic rings. The third kappa shape index (κ3) is 2.61. The number of rotatable bonds is 4. The predicted molar refractivity (Wildman–Crippen MR) is 78.4 cm³/mol. The fourth-order valence-electron chi connectivity index (χ4n) is 3.53. The molecule has 0 radical (unpaired) electrons. The van der Waals surface area contributed by atoms with Crippen molar-refractivity contribution < 1.29 is 45.4 Å². The standard InChI is InChI=1S/C17H14F6O4/c1-16(2)7(5-6(18)14(24)26-3)17(16,15(25)27-4)8-9(19)11(21)13(23)12(22)10(8)20/h5,7H,1-4H3/t7-,17-/m1/s1.